The van der Waals surface area contributed by atoms with E-state index in [4.69, 9.17) is 9.47 Å². The normalized spacial score (nSPS) is 17.6. The largest absolute Gasteiger partial charge is 0.507 e. The van der Waals surface area contributed by atoms with Crippen LogP contribution >= 0.6 is 0 Å². The van der Waals surface area contributed by atoms with Crippen LogP contribution in [0.2, 0.25) is 0 Å². The number of ketones is 1. The maximum atomic E-state index is 13.0. The van der Waals surface area contributed by atoms with E-state index in [-0.39, 0.29) is 36.3 Å². The molecule has 2 aromatic carbocycles. The van der Waals surface area contributed by atoms with Crippen molar-refractivity contribution in [3.8, 4) is 5.75 Å². The summed E-state index contributed by atoms with van der Waals surface area (Å²) in [5.74, 6) is -1.27. The van der Waals surface area contributed by atoms with Gasteiger partial charge in [0.15, 0.2) is 0 Å². The van der Waals surface area contributed by atoms with Gasteiger partial charge < -0.3 is 19.5 Å². The average molecular weight is 454 g/mol. The molecule has 0 aliphatic carbocycles. The van der Waals surface area contributed by atoms with Crippen LogP contribution in [0.25, 0.3) is 5.76 Å². The molecule has 1 fully saturated rings. The van der Waals surface area contributed by atoms with E-state index < -0.39 is 22.7 Å². The number of nitro groups is 1. The van der Waals surface area contributed by atoms with Crippen molar-refractivity contribution in [3.63, 3.8) is 0 Å². The lowest BCUT2D eigenvalue weighted by Gasteiger charge is -2.25. The molecule has 0 bridgehead atoms. The molecule has 0 radical (unpaired) electrons. The zero-order valence-corrected chi connectivity index (χ0v) is 18.9. The maximum absolute atomic E-state index is 13.0. The quantitative estimate of drug-likeness (QED) is 0.212. The molecule has 1 saturated heterocycles. The van der Waals surface area contributed by atoms with Crippen LogP contribution in [0.5, 0.6) is 5.75 Å². The minimum absolute atomic E-state index is 0.0311. The number of likely N-dealkylation sites (tertiary alicyclic amines) is 1. The van der Waals surface area contributed by atoms with E-state index in [0.717, 1.165) is 5.56 Å². The predicted octanol–water partition coefficient (Wildman–Crippen LogP) is 3.76. The number of ether oxygens (including phenoxy) is 2. The Labute approximate surface area is 191 Å². The zero-order chi connectivity index (χ0) is 24.3. The number of carbonyl (C=O) groups excluding carboxylic acids is 2. The molecule has 1 aliphatic heterocycles. The highest BCUT2D eigenvalue weighted by atomic mass is 16.6. The van der Waals surface area contributed by atoms with E-state index in [2.05, 4.69) is 0 Å². The second-order valence-electron chi connectivity index (χ2n) is 7.98. The molecule has 1 atom stereocenters. The van der Waals surface area contributed by atoms with Crippen molar-refractivity contribution < 1.29 is 29.1 Å². The highest BCUT2D eigenvalue weighted by Gasteiger charge is 2.46. The highest BCUT2D eigenvalue weighted by Crippen LogP contribution is 2.40. The van der Waals surface area contributed by atoms with Crippen molar-refractivity contribution in [1.82, 2.24) is 4.90 Å². The van der Waals surface area contributed by atoms with Crippen LogP contribution in [0.15, 0.2) is 48.0 Å². The van der Waals surface area contributed by atoms with Gasteiger partial charge in [0, 0.05) is 31.4 Å². The van der Waals surface area contributed by atoms with E-state index in [9.17, 15) is 24.8 Å². The molecule has 0 spiro atoms. The van der Waals surface area contributed by atoms with Crippen LogP contribution in [0.4, 0.5) is 5.69 Å². The number of nitrogens with zero attached hydrogens (tertiary/aromatic N) is 2. The second-order valence-corrected chi connectivity index (χ2v) is 7.98. The van der Waals surface area contributed by atoms with Crippen LogP contribution in [0, 0.1) is 17.0 Å². The van der Waals surface area contributed by atoms with Gasteiger partial charge in [-0.2, -0.15) is 0 Å². The van der Waals surface area contributed by atoms with Crippen LogP contribution in [0.3, 0.4) is 0 Å². The van der Waals surface area contributed by atoms with E-state index in [0.29, 0.717) is 16.9 Å². The maximum Gasteiger partial charge on any atom is 0.295 e. The summed E-state index contributed by atoms with van der Waals surface area (Å²) < 4.78 is 10.8. The first-order chi connectivity index (χ1) is 15.6. The van der Waals surface area contributed by atoms with E-state index >= 15 is 0 Å². The fourth-order valence-electron chi connectivity index (χ4n) is 3.76. The minimum atomic E-state index is -0.909. The van der Waals surface area contributed by atoms with E-state index in [1.165, 1.54) is 36.3 Å². The Morgan fingerprint density at radius 3 is 2.39 bits per heavy atom. The SMILES string of the molecule is COCCN1C(=O)C(=O)C(=C(O)c2ccc(OC(C)C)c(C)c2)C1c1ccc([N+](=O)[O-])cc1. The van der Waals surface area contributed by atoms with Gasteiger partial charge in [-0.25, -0.2) is 0 Å². The van der Waals surface area contributed by atoms with Gasteiger partial charge >= 0.3 is 0 Å². The molecular formula is C24H26N2O7. The minimum Gasteiger partial charge on any atom is -0.507 e. The van der Waals surface area contributed by atoms with Crippen molar-refractivity contribution >= 4 is 23.1 Å². The summed E-state index contributed by atoms with van der Waals surface area (Å²) in [6.07, 6.45) is -0.0311. The standard InChI is InChI=1S/C24H26N2O7/c1-14(2)33-19-10-7-17(13-15(19)3)22(27)20-21(16-5-8-18(9-6-16)26(30)31)25(11-12-32-4)24(29)23(20)28/h5-10,13-14,21,27H,11-12H2,1-4H3. The summed E-state index contributed by atoms with van der Waals surface area (Å²) in [7, 11) is 1.47. The van der Waals surface area contributed by atoms with Crippen molar-refractivity contribution in [2.24, 2.45) is 0 Å². The molecule has 2 aromatic rings. The fraction of sp³-hybridized carbons (Fsp3) is 0.333. The van der Waals surface area contributed by atoms with Crippen LogP contribution < -0.4 is 4.74 Å². The molecular weight excluding hydrogens is 428 g/mol. The number of benzene rings is 2. The average Bonchev–Trinajstić information content (AvgIpc) is 3.03. The van der Waals surface area contributed by atoms with Crippen molar-refractivity contribution in [1.29, 1.82) is 0 Å². The Balaban J connectivity index is 2.12. The van der Waals surface area contributed by atoms with Crippen LogP contribution in [0.1, 0.15) is 36.6 Å². The molecule has 9 heteroatoms. The third-order valence-corrected chi connectivity index (χ3v) is 5.31. The van der Waals surface area contributed by atoms with Gasteiger partial charge in [-0.15, -0.1) is 0 Å². The highest BCUT2D eigenvalue weighted by molar-refractivity contribution is 6.46. The predicted molar refractivity (Wildman–Crippen MR) is 121 cm³/mol. The number of hydrogen-bond acceptors (Lipinski definition) is 7. The third kappa shape index (κ3) is 4.88. The number of nitro benzene ring substituents is 1. The molecule has 1 aliphatic rings. The zero-order valence-electron chi connectivity index (χ0n) is 18.9. The van der Waals surface area contributed by atoms with Gasteiger partial charge in [-0.1, -0.05) is 0 Å². The van der Waals surface area contributed by atoms with Gasteiger partial charge in [-0.05, 0) is 62.2 Å². The van der Waals surface area contributed by atoms with Crippen molar-refractivity contribution in [2.45, 2.75) is 32.9 Å². The van der Waals surface area contributed by atoms with Gasteiger partial charge in [0.05, 0.1) is 29.2 Å². The lowest BCUT2D eigenvalue weighted by atomic mass is 9.94. The molecule has 1 amide bonds. The number of rotatable bonds is 8. The Morgan fingerprint density at radius 2 is 1.85 bits per heavy atom. The first-order valence-corrected chi connectivity index (χ1v) is 10.4. The van der Waals surface area contributed by atoms with Crippen LogP contribution in [-0.4, -0.2) is 53.0 Å². The lowest BCUT2D eigenvalue weighted by molar-refractivity contribution is -0.384. The number of amides is 1. The first kappa shape index (κ1) is 23.9. The third-order valence-electron chi connectivity index (χ3n) is 5.31. The summed E-state index contributed by atoms with van der Waals surface area (Å²) in [5.41, 5.74) is 1.38. The number of aryl methyl sites for hydroxylation is 1. The molecule has 174 valence electrons. The molecule has 1 N–H and O–H groups in total. The van der Waals surface area contributed by atoms with E-state index in [1.54, 1.807) is 18.2 Å². The smallest absolute Gasteiger partial charge is 0.295 e. The molecule has 3 rings (SSSR count). The summed E-state index contributed by atoms with van der Waals surface area (Å²) in [4.78, 5) is 37.6. The molecule has 1 heterocycles. The fourth-order valence-corrected chi connectivity index (χ4v) is 3.76. The van der Waals surface area contributed by atoms with Gasteiger partial charge in [0.25, 0.3) is 17.4 Å². The molecule has 1 unspecified atom stereocenters. The topological polar surface area (TPSA) is 119 Å². The Hall–Kier alpha value is -3.72. The van der Waals surface area contributed by atoms with Gasteiger partial charge in [0.1, 0.15) is 11.5 Å². The molecule has 9 nitrogen and oxygen atoms in total. The Kier molecular flexibility index (Phi) is 7.13. The number of non-ortho nitro benzene ring substituents is 1. The summed E-state index contributed by atoms with van der Waals surface area (Å²) in [6.45, 7) is 5.91. The number of aliphatic hydroxyl groups is 1. The second kappa shape index (κ2) is 9.83. The molecule has 33 heavy (non-hydrogen) atoms. The summed E-state index contributed by atoms with van der Waals surface area (Å²) >= 11 is 0. The number of methoxy groups -OCH3 is 1. The lowest BCUT2D eigenvalue weighted by Crippen LogP contribution is -2.32. The molecule has 0 saturated carbocycles. The van der Waals surface area contributed by atoms with Crippen molar-refractivity contribution in [3.05, 3.63) is 74.8 Å². The van der Waals surface area contributed by atoms with Crippen molar-refractivity contribution in [2.75, 3.05) is 20.3 Å². The van der Waals surface area contributed by atoms with E-state index in [1.807, 2.05) is 20.8 Å². The summed E-state index contributed by atoms with van der Waals surface area (Å²) in [6, 6.07) is 9.65. The monoisotopic (exact) mass is 454 g/mol. The number of hydrogen-bond donors (Lipinski definition) is 1. The summed E-state index contributed by atoms with van der Waals surface area (Å²) in [5, 5.41) is 22.2. The van der Waals surface area contributed by atoms with Gasteiger partial charge in [-0.3, -0.25) is 19.7 Å². The number of Topliss-reactive ketones (excluding diaryl/α,β-unsaturated/α-hetero) is 1. The first-order valence-electron chi connectivity index (χ1n) is 10.4. The Morgan fingerprint density at radius 1 is 1.18 bits per heavy atom. The number of aliphatic hydroxyl groups excluding tert-OH is 1. The number of carbonyl (C=O) groups is 2. The Bertz CT molecular complexity index is 1110. The van der Waals surface area contributed by atoms with Crippen LogP contribution in [-0.2, 0) is 14.3 Å². The van der Waals surface area contributed by atoms with Gasteiger partial charge in [0.2, 0.25) is 0 Å². The molecule has 0 aromatic heterocycles.